The molecule has 1 unspecified atom stereocenters. The minimum Gasteiger partial charge on any atom is -0.493 e. The maximum atomic E-state index is 13.8. The highest BCUT2D eigenvalue weighted by Gasteiger charge is 2.33. The maximum Gasteiger partial charge on any atom is 0.254 e. The second-order valence-electron chi connectivity index (χ2n) is 8.37. The molecule has 0 bridgehead atoms. The predicted molar refractivity (Wildman–Crippen MR) is 130 cm³/mol. The molecule has 0 fully saturated rings. The molecule has 4 aromatic rings. The maximum absolute atomic E-state index is 13.8. The van der Waals surface area contributed by atoms with E-state index in [1.54, 1.807) is 20.4 Å². The minimum absolute atomic E-state index is 0.0138. The molecular weight excluding hydrogens is 426 g/mol. The van der Waals surface area contributed by atoms with E-state index in [0.29, 0.717) is 30.2 Å². The summed E-state index contributed by atoms with van der Waals surface area (Å²) in [7, 11) is 3.28. The fraction of sp³-hybridized carbons (Fsp3) is 0.214. The average Bonchev–Trinajstić information content (AvgIpc) is 3.40. The Hall–Kier alpha value is -4.06. The van der Waals surface area contributed by atoms with Gasteiger partial charge in [-0.05, 0) is 59.0 Å². The number of carbonyl (C=O) groups excluding carboxylic acids is 1. The first kappa shape index (κ1) is 21.8. The van der Waals surface area contributed by atoms with E-state index in [2.05, 4.69) is 17.2 Å². The first-order valence-electron chi connectivity index (χ1n) is 11.3. The van der Waals surface area contributed by atoms with Crippen molar-refractivity contribution in [1.29, 1.82) is 0 Å². The van der Waals surface area contributed by atoms with E-state index in [1.807, 2.05) is 76.4 Å². The van der Waals surface area contributed by atoms with E-state index < -0.39 is 0 Å². The van der Waals surface area contributed by atoms with Crippen LogP contribution >= 0.6 is 0 Å². The fourth-order valence-electron chi connectivity index (χ4n) is 4.66. The quantitative estimate of drug-likeness (QED) is 0.423. The third-order valence-electron chi connectivity index (χ3n) is 6.35. The third-order valence-corrected chi connectivity index (χ3v) is 6.35. The van der Waals surface area contributed by atoms with Crippen LogP contribution in [0.2, 0.25) is 0 Å². The number of carbonyl (C=O) groups is 1. The molecule has 1 aliphatic rings. The number of methoxy groups -OCH3 is 2. The fourth-order valence-corrected chi connectivity index (χ4v) is 4.66. The van der Waals surface area contributed by atoms with Gasteiger partial charge in [-0.15, -0.1) is 0 Å². The lowest BCUT2D eigenvalue weighted by Crippen LogP contribution is -2.40. The molecule has 1 atom stereocenters. The number of hydrogen-bond acceptors (Lipinski definition) is 4. The van der Waals surface area contributed by atoms with Crippen LogP contribution in [-0.2, 0) is 13.0 Å². The highest BCUT2D eigenvalue weighted by Crippen LogP contribution is 2.41. The summed E-state index contributed by atoms with van der Waals surface area (Å²) < 4.78 is 13.0. The van der Waals surface area contributed by atoms with Gasteiger partial charge >= 0.3 is 0 Å². The number of rotatable bonds is 6. The van der Waals surface area contributed by atoms with Gasteiger partial charge in [0.1, 0.15) is 0 Å². The molecule has 34 heavy (non-hydrogen) atoms. The van der Waals surface area contributed by atoms with Gasteiger partial charge in [0.05, 0.1) is 26.8 Å². The summed E-state index contributed by atoms with van der Waals surface area (Å²) >= 11 is 0. The normalized spacial score (nSPS) is 15.0. The van der Waals surface area contributed by atoms with Gasteiger partial charge in [-0.1, -0.05) is 42.5 Å². The summed E-state index contributed by atoms with van der Waals surface area (Å²) in [4.78, 5) is 15.7. The van der Waals surface area contributed by atoms with Crippen molar-refractivity contribution in [2.24, 2.45) is 0 Å². The molecule has 2 heterocycles. The van der Waals surface area contributed by atoms with E-state index in [0.717, 1.165) is 23.1 Å². The van der Waals surface area contributed by atoms with E-state index in [4.69, 9.17) is 9.47 Å². The molecule has 0 saturated heterocycles. The van der Waals surface area contributed by atoms with Crippen LogP contribution in [0, 0.1) is 0 Å². The molecule has 3 aromatic carbocycles. The van der Waals surface area contributed by atoms with Crippen LogP contribution in [0.15, 0.2) is 85.2 Å². The van der Waals surface area contributed by atoms with Gasteiger partial charge in [0, 0.05) is 24.5 Å². The molecule has 0 saturated carbocycles. The van der Waals surface area contributed by atoms with Crippen LogP contribution in [0.4, 0.5) is 0 Å². The summed E-state index contributed by atoms with van der Waals surface area (Å²) in [6, 6.07) is 23.7. The van der Waals surface area contributed by atoms with Crippen molar-refractivity contribution in [3.63, 3.8) is 0 Å². The van der Waals surface area contributed by atoms with Gasteiger partial charge in [-0.25, -0.2) is 0 Å². The van der Waals surface area contributed by atoms with E-state index in [-0.39, 0.29) is 11.9 Å². The Balaban J connectivity index is 1.50. The Morgan fingerprint density at radius 1 is 0.971 bits per heavy atom. The van der Waals surface area contributed by atoms with Crippen LogP contribution in [0.25, 0.3) is 0 Å². The SMILES string of the molecule is COc1cc2c(cc1OC)C(c1ccccc1)N(C(=O)c1ccc(Cn3cccn3)cc1)CC2. The van der Waals surface area contributed by atoms with Gasteiger partial charge in [0.25, 0.3) is 5.91 Å². The van der Waals surface area contributed by atoms with Crippen molar-refractivity contribution in [3.05, 3.63) is 113 Å². The lowest BCUT2D eigenvalue weighted by molar-refractivity contribution is 0.0694. The van der Waals surface area contributed by atoms with Crippen LogP contribution in [-0.4, -0.2) is 41.4 Å². The van der Waals surface area contributed by atoms with Crippen LogP contribution in [0.3, 0.4) is 0 Å². The zero-order valence-corrected chi connectivity index (χ0v) is 19.3. The molecule has 0 spiro atoms. The number of hydrogen-bond donors (Lipinski definition) is 0. The van der Waals surface area contributed by atoms with Gasteiger partial charge in [-0.3, -0.25) is 9.48 Å². The Morgan fingerprint density at radius 3 is 2.38 bits per heavy atom. The standard InChI is InChI=1S/C28H27N3O3/c1-33-25-17-23-13-16-31(27(21-7-4-3-5-8-21)24(23)18-26(25)34-2)28(32)22-11-9-20(10-12-22)19-30-15-6-14-29-30/h3-12,14-15,17-18,27H,13,16,19H2,1-2H3. The summed E-state index contributed by atoms with van der Waals surface area (Å²) in [5.74, 6) is 1.39. The number of aromatic nitrogens is 2. The van der Waals surface area contributed by atoms with E-state index >= 15 is 0 Å². The molecular formula is C28H27N3O3. The van der Waals surface area contributed by atoms with E-state index in [9.17, 15) is 4.79 Å². The van der Waals surface area contributed by atoms with Crippen molar-refractivity contribution < 1.29 is 14.3 Å². The molecule has 1 aromatic heterocycles. The van der Waals surface area contributed by atoms with Crippen LogP contribution in [0.5, 0.6) is 11.5 Å². The topological polar surface area (TPSA) is 56.6 Å². The van der Waals surface area contributed by atoms with Crippen LogP contribution < -0.4 is 9.47 Å². The summed E-state index contributed by atoms with van der Waals surface area (Å²) in [5, 5.41) is 4.26. The number of benzene rings is 3. The predicted octanol–water partition coefficient (Wildman–Crippen LogP) is 4.74. The second kappa shape index (κ2) is 9.43. The first-order chi connectivity index (χ1) is 16.7. The van der Waals surface area contributed by atoms with Gasteiger partial charge in [0.2, 0.25) is 0 Å². The Kier molecular flexibility index (Phi) is 6.04. The van der Waals surface area contributed by atoms with Crippen molar-refractivity contribution in [3.8, 4) is 11.5 Å². The molecule has 172 valence electrons. The molecule has 1 aliphatic heterocycles. The number of ether oxygens (including phenoxy) is 2. The van der Waals surface area contributed by atoms with Crippen LogP contribution in [0.1, 0.15) is 38.7 Å². The lowest BCUT2D eigenvalue weighted by atomic mass is 9.87. The molecule has 6 nitrogen and oxygen atoms in total. The number of fused-ring (bicyclic) bond motifs is 1. The minimum atomic E-state index is -0.207. The molecule has 6 heteroatoms. The van der Waals surface area contributed by atoms with Crippen molar-refractivity contribution in [2.75, 3.05) is 20.8 Å². The third kappa shape index (κ3) is 4.15. The van der Waals surface area contributed by atoms with Gasteiger partial charge < -0.3 is 14.4 Å². The number of amides is 1. The van der Waals surface area contributed by atoms with Crippen molar-refractivity contribution in [2.45, 2.75) is 19.0 Å². The zero-order chi connectivity index (χ0) is 23.5. The highest BCUT2D eigenvalue weighted by molar-refractivity contribution is 5.95. The average molecular weight is 454 g/mol. The Bertz CT molecular complexity index is 1270. The molecule has 0 radical (unpaired) electrons. The summed E-state index contributed by atoms with van der Waals surface area (Å²) in [6.07, 6.45) is 4.44. The van der Waals surface area contributed by atoms with Crippen molar-refractivity contribution >= 4 is 5.91 Å². The molecule has 5 rings (SSSR count). The first-order valence-corrected chi connectivity index (χ1v) is 11.3. The Morgan fingerprint density at radius 2 is 1.71 bits per heavy atom. The Labute approximate surface area is 199 Å². The lowest BCUT2D eigenvalue weighted by Gasteiger charge is -2.38. The van der Waals surface area contributed by atoms with Gasteiger partial charge in [0.15, 0.2) is 11.5 Å². The zero-order valence-electron chi connectivity index (χ0n) is 19.3. The number of nitrogens with zero attached hydrogens (tertiary/aromatic N) is 3. The second-order valence-corrected chi connectivity index (χ2v) is 8.37. The largest absolute Gasteiger partial charge is 0.493 e. The summed E-state index contributed by atoms with van der Waals surface area (Å²) in [6.45, 7) is 1.29. The summed E-state index contributed by atoms with van der Waals surface area (Å²) in [5.41, 5.74) is 5.08. The molecule has 1 amide bonds. The van der Waals surface area contributed by atoms with Crippen molar-refractivity contribution in [1.82, 2.24) is 14.7 Å². The van der Waals surface area contributed by atoms with E-state index in [1.165, 1.54) is 5.56 Å². The molecule has 0 aliphatic carbocycles. The smallest absolute Gasteiger partial charge is 0.254 e. The highest BCUT2D eigenvalue weighted by atomic mass is 16.5. The molecule has 0 N–H and O–H groups in total. The monoisotopic (exact) mass is 453 g/mol. The van der Waals surface area contributed by atoms with Gasteiger partial charge in [-0.2, -0.15) is 5.10 Å².